The van der Waals surface area contributed by atoms with Gasteiger partial charge in [0.25, 0.3) is 0 Å². The van der Waals surface area contributed by atoms with Gasteiger partial charge in [-0.1, -0.05) is 0 Å². The number of amides is 1. The average molecular weight is 364 g/mol. The molecule has 1 aliphatic rings. The van der Waals surface area contributed by atoms with Gasteiger partial charge in [-0.2, -0.15) is 0 Å². The smallest absolute Gasteiger partial charge is 0.222 e. The van der Waals surface area contributed by atoms with E-state index in [1.54, 1.807) is 14.2 Å². The number of methoxy groups -OCH3 is 2. The first-order chi connectivity index (χ1) is 12.5. The van der Waals surface area contributed by atoms with E-state index < -0.39 is 5.97 Å². The normalized spacial score (nSPS) is 16.2. The second-order valence-electron chi connectivity index (χ2n) is 6.59. The molecule has 1 amide bonds. The molecule has 1 fully saturated rings. The summed E-state index contributed by atoms with van der Waals surface area (Å²) in [4.78, 5) is 25.8. The molecule has 1 saturated heterocycles. The van der Waals surface area contributed by atoms with Gasteiger partial charge in [-0.25, -0.2) is 0 Å². The van der Waals surface area contributed by atoms with Gasteiger partial charge in [0.15, 0.2) is 0 Å². The molecule has 1 heterocycles. The Labute approximate surface area is 154 Å². The zero-order valence-electron chi connectivity index (χ0n) is 15.7. The SMILES string of the molecule is COc1ccc([C@@H](C)[NH+]2CCN(C(=O)CCCC(=O)[O-])CC2)c(OC)c1. The number of nitrogens with zero attached hydrogens (tertiary/aromatic N) is 1. The molecule has 0 spiro atoms. The number of ether oxygens (including phenoxy) is 2. The molecular weight excluding hydrogens is 336 g/mol. The predicted octanol–water partition coefficient (Wildman–Crippen LogP) is -0.588. The van der Waals surface area contributed by atoms with E-state index in [2.05, 4.69) is 6.92 Å². The fourth-order valence-corrected chi connectivity index (χ4v) is 3.41. The number of hydrogen-bond acceptors (Lipinski definition) is 5. The van der Waals surface area contributed by atoms with E-state index in [0.717, 1.165) is 30.2 Å². The van der Waals surface area contributed by atoms with Gasteiger partial charge in [-0.3, -0.25) is 4.79 Å². The molecule has 1 aromatic carbocycles. The van der Waals surface area contributed by atoms with Crippen LogP contribution in [0, 0.1) is 0 Å². The first kappa shape index (κ1) is 20.0. The molecule has 7 heteroatoms. The van der Waals surface area contributed by atoms with E-state index in [9.17, 15) is 14.7 Å². The average Bonchev–Trinajstić information content (AvgIpc) is 2.66. The minimum atomic E-state index is -1.10. The van der Waals surface area contributed by atoms with Crippen LogP contribution in [0.2, 0.25) is 0 Å². The van der Waals surface area contributed by atoms with Gasteiger partial charge in [0.1, 0.15) is 17.5 Å². The lowest BCUT2D eigenvalue weighted by molar-refractivity contribution is -0.933. The van der Waals surface area contributed by atoms with Gasteiger partial charge in [0, 0.05) is 18.5 Å². The molecule has 0 unspecified atom stereocenters. The third-order valence-electron chi connectivity index (χ3n) is 5.05. The zero-order chi connectivity index (χ0) is 19.1. The number of piperazine rings is 1. The number of carbonyl (C=O) groups excluding carboxylic acids is 2. The van der Waals surface area contributed by atoms with Gasteiger partial charge >= 0.3 is 0 Å². The first-order valence-electron chi connectivity index (χ1n) is 9.00. The van der Waals surface area contributed by atoms with Gasteiger partial charge in [0.05, 0.1) is 46.0 Å². The summed E-state index contributed by atoms with van der Waals surface area (Å²) >= 11 is 0. The van der Waals surface area contributed by atoms with Gasteiger partial charge in [-0.15, -0.1) is 0 Å². The van der Waals surface area contributed by atoms with Crippen molar-refractivity contribution in [1.29, 1.82) is 0 Å². The van der Waals surface area contributed by atoms with Crippen molar-refractivity contribution < 1.29 is 29.1 Å². The van der Waals surface area contributed by atoms with E-state index in [4.69, 9.17) is 9.47 Å². The standard InChI is InChI=1S/C19H28N2O5/c1-14(16-8-7-15(25-2)13-17(16)26-3)20-9-11-21(12-10-20)18(22)5-4-6-19(23)24/h7-8,13-14H,4-6,9-12H2,1-3H3,(H,23,24)/t14-/m1/s1. The topological polar surface area (TPSA) is 83.3 Å². The summed E-state index contributed by atoms with van der Waals surface area (Å²) in [5.41, 5.74) is 1.12. The molecule has 0 radical (unpaired) electrons. The van der Waals surface area contributed by atoms with Gasteiger partial charge < -0.3 is 29.2 Å². The molecule has 0 saturated carbocycles. The largest absolute Gasteiger partial charge is 0.550 e. The Bertz CT molecular complexity index is 626. The number of carbonyl (C=O) groups is 2. The van der Waals surface area contributed by atoms with E-state index >= 15 is 0 Å². The maximum atomic E-state index is 12.2. The zero-order valence-corrected chi connectivity index (χ0v) is 15.7. The summed E-state index contributed by atoms with van der Waals surface area (Å²) in [5, 5.41) is 10.4. The minimum Gasteiger partial charge on any atom is -0.550 e. The summed E-state index contributed by atoms with van der Waals surface area (Å²) in [6.45, 7) is 5.23. The third kappa shape index (κ3) is 5.11. The van der Waals surface area contributed by atoms with E-state index in [0.29, 0.717) is 19.5 Å². The monoisotopic (exact) mass is 364 g/mol. The quantitative estimate of drug-likeness (QED) is 0.667. The number of benzene rings is 1. The van der Waals surface area contributed by atoms with Crippen LogP contribution in [0.1, 0.15) is 37.8 Å². The summed E-state index contributed by atoms with van der Waals surface area (Å²) in [7, 11) is 3.29. The van der Waals surface area contributed by atoms with Crippen LogP contribution in [0.25, 0.3) is 0 Å². The highest BCUT2D eigenvalue weighted by molar-refractivity contribution is 5.76. The van der Waals surface area contributed by atoms with Crippen molar-refractivity contribution in [2.24, 2.45) is 0 Å². The molecule has 144 valence electrons. The van der Waals surface area contributed by atoms with Crippen LogP contribution in [0.4, 0.5) is 0 Å². The highest BCUT2D eigenvalue weighted by atomic mass is 16.5. The van der Waals surface area contributed by atoms with Crippen LogP contribution in [0.15, 0.2) is 18.2 Å². The Hall–Kier alpha value is -2.28. The van der Waals surface area contributed by atoms with Crippen LogP contribution < -0.4 is 19.5 Å². The molecule has 0 aliphatic carbocycles. The van der Waals surface area contributed by atoms with E-state index in [-0.39, 0.29) is 24.8 Å². The lowest BCUT2D eigenvalue weighted by Gasteiger charge is -2.36. The molecule has 1 N–H and O–H groups in total. The van der Waals surface area contributed by atoms with Crippen LogP contribution in [0.3, 0.4) is 0 Å². The number of carboxylic acid groups (broad SMARTS) is 1. The Morgan fingerprint density at radius 2 is 1.88 bits per heavy atom. The second-order valence-corrected chi connectivity index (χ2v) is 6.59. The Morgan fingerprint density at radius 3 is 2.46 bits per heavy atom. The molecule has 1 atom stereocenters. The number of hydrogen-bond donors (Lipinski definition) is 1. The van der Waals surface area contributed by atoms with Crippen molar-refractivity contribution in [3.05, 3.63) is 23.8 Å². The van der Waals surface area contributed by atoms with Crippen molar-refractivity contribution in [2.75, 3.05) is 40.4 Å². The molecule has 26 heavy (non-hydrogen) atoms. The number of nitrogens with one attached hydrogen (secondary N) is 1. The van der Waals surface area contributed by atoms with Crippen LogP contribution in [-0.2, 0) is 9.59 Å². The highest BCUT2D eigenvalue weighted by Crippen LogP contribution is 2.28. The van der Waals surface area contributed by atoms with Crippen LogP contribution >= 0.6 is 0 Å². The maximum Gasteiger partial charge on any atom is 0.222 e. The summed E-state index contributed by atoms with van der Waals surface area (Å²) < 4.78 is 10.8. The molecule has 1 aromatic rings. The molecule has 0 aromatic heterocycles. The third-order valence-corrected chi connectivity index (χ3v) is 5.05. The minimum absolute atomic E-state index is 0.0278. The molecule has 2 rings (SSSR count). The van der Waals surface area contributed by atoms with Crippen molar-refractivity contribution in [1.82, 2.24) is 4.90 Å². The maximum absolute atomic E-state index is 12.2. The summed E-state index contributed by atoms with van der Waals surface area (Å²) in [6, 6.07) is 6.10. The van der Waals surface area contributed by atoms with Crippen molar-refractivity contribution in [3.8, 4) is 11.5 Å². The Balaban J connectivity index is 1.91. The molecule has 7 nitrogen and oxygen atoms in total. The fraction of sp³-hybridized carbons (Fsp3) is 0.579. The number of rotatable bonds is 8. The number of aliphatic carboxylic acids is 1. The summed E-state index contributed by atoms with van der Waals surface area (Å²) in [5.74, 6) is 0.499. The molecule has 1 aliphatic heterocycles. The first-order valence-corrected chi connectivity index (χ1v) is 9.00. The van der Waals surface area contributed by atoms with Gasteiger partial charge in [0.2, 0.25) is 5.91 Å². The van der Waals surface area contributed by atoms with Crippen molar-refractivity contribution >= 4 is 11.9 Å². The lowest BCUT2D eigenvalue weighted by Crippen LogP contribution is -3.14. The lowest BCUT2D eigenvalue weighted by atomic mass is 10.0. The highest BCUT2D eigenvalue weighted by Gasteiger charge is 2.29. The Kier molecular flexibility index (Phi) is 7.26. The predicted molar refractivity (Wildman–Crippen MR) is 94.1 cm³/mol. The summed E-state index contributed by atoms with van der Waals surface area (Å²) in [6.07, 6.45) is 0.546. The number of carboxylic acids is 1. The van der Waals surface area contributed by atoms with E-state index in [1.165, 1.54) is 4.90 Å². The van der Waals surface area contributed by atoms with E-state index in [1.807, 2.05) is 23.1 Å². The molecule has 0 bridgehead atoms. The number of quaternary nitrogens is 1. The van der Waals surface area contributed by atoms with Crippen molar-refractivity contribution in [2.45, 2.75) is 32.2 Å². The fourth-order valence-electron chi connectivity index (χ4n) is 3.41. The van der Waals surface area contributed by atoms with Crippen molar-refractivity contribution in [3.63, 3.8) is 0 Å². The van der Waals surface area contributed by atoms with Crippen LogP contribution in [0.5, 0.6) is 11.5 Å². The van der Waals surface area contributed by atoms with Crippen LogP contribution in [-0.4, -0.2) is 57.2 Å². The second kappa shape index (κ2) is 9.43. The van der Waals surface area contributed by atoms with Gasteiger partial charge in [-0.05, 0) is 31.9 Å². The Morgan fingerprint density at radius 1 is 1.19 bits per heavy atom. The molecular formula is C19H28N2O5.